The first-order chi connectivity index (χ1) is 8.02. The van der Waals surface area contributed by atoms with Crippen molar-refractivity contribution >= 4 is 31.9 Å². The molecule has 4 nitrogen and oxygen atoms in total. The Labute approximate surface area is 114 Å². The molecule has 1 N–H and O–H groups in total. The number of hydrogen-bond donors (Lipinski definition) is 1. The highest BCUT2D eigenvalue weighted by Crippen LogP contribution is 2.32. The Hall–Kier alpha value is -0.790. The zero-order valence-electron chi connectivity index (χ0n) is 8.73. The molecule has 0 aliphatic carbocycles. The van der Waals surface area contributed by atoms with Gasteiger partial charge in [0, 0.05) is 12.6 Å². The van der Waals surface area contributed by atoms with Gasteiger partial charge in [0.2, 0.25) is 0 Å². The van der Waals surface area contributed by atoms with Crippen molar-refractivity contribution in [1.82, 2.24) is 15.0 Å². The Kier molecular flexibility index (Phi) is 3.60. The summed E-state index contributed by atoms with van der Waals surface area (Å²) in [5.41, 5.74) is 0.896. The predicted octanol–water partition coefficient (Wildman–Crippen LogP) is 2.56. The molecule has 17 heavy (non-hydrogen) atoms. The highest BCUT2D eigenvalue weighted by molar-refractivity contribution is 9.10. The number of hydrogen-bond acceptors (Lipinski definition) is 3. The summed E-state index contributed by atoms with van der Waals surface area (Å²) in [6.07, 6.45) is -1.01. The van der Waals surface area contributed by atoms with Gasteiger partial charge in [0.1, 0.15) is 17.6 Å². The predicted molar refractivity (Wildman–Crippen MR) is 66.9 cm³/mol. The van der Waals surface area contributed by atoms with Gasteiger partial charge in [0.05, 0.1) is 4.47 Å². The van der Waals surface area contributed by atoms with Crippen LogP contribution in [-0.4, -0.2) is 20.1 Å². The molecule has 1 aromatic heterocycles. The van der Waals surface area contributed by atoms with Crippen molar-refractivity contribution in [3.63, 3.8) is 0 Å². The molecule has 1 aromatic carbocycles. The normalized spacial score (nSPS) is 12.8. The van der Waals surface area contributed by atoms with Gasteiger partial charge in [-0.25, -0.2) is 9.07 Å². The summed E-state index contributed by atoms with van der Waals surface area (Å²) >= 11 is 6.31. The Morgan fingerprint density at radius 1 is 1.41 bits per heavy atom. The van der Waals surface area contributed by atoms with Crippen LogP contribution in [0.1, 0.15) is 17.4 Å². The number of aliphatic hydroxyl groups excluding tert-OH is 1. The Balaban J connectivity index is 2.51. The number of benzene rings is 1. The average Bonchev–Trinajstić information content (AvgIpc) is 2.62. The summed E-state index contributed by atoms with van der Waals surface area (Å²) in [4.78, 5) is 0. The molecule has 1 heterocycles. The zero-order valence-corrected chi connectivity index (χ0v) is 11.9. The van der Waals surface area contributed by atoms with E-state index in [4.69, 9.17) is 0 Å². The van der Waals surface area contributed by atoms with E-state index in [1.165, 1.54) is 16.8 Å². The maximum Gasteiger partial charge on any atom is 0.154 e. The summed E-state index contributed by atoms with van der Waals surface area (Å²) < 4.78 is 15.5. The standard InChI is InChI=1S/C10H8Br2FN3O/c1-16-8(10(12)14-15-16)9(17)5-3-2-4-6(13)7(5)11/h2-4,9,17H,1H3. The van der Waals surface area contributed by atoms with Crippen molar-refractivity contribution in [2.75, 3.05) is 0 Å². The maximum atomic E-state index is 13.4. The van der Waals surface area contributed by atoms with Crippen LogP contribution in [0.4, 0.5) is 4.39 Å². The van der Waals surface area contributed by atoms with Crippen molar-refractivity contribution in [2.24, 2.45) is 7.05 Å². The van der Waals surface area contributed by atoms with Crippen LogP contribution in [0.15, 0.2) is 27.3 Å². The molecule has 0 amide bonds. The second-order valence-corrected chi connectivity index (χ2v) is 4.98. The number of aliphatic hydroxyl groups is 1. The summed E-state index contributed by atoms with van der Waals surface area (Å²) in [6.45, 7) is 0. The minimum atomic E-state index is -1.01. The van der Waals surface area contributed by atoms with E-state index in [9.17, 15) is 9.50 Å². The maximum absolute atomic E-state index is 13.4. The Morgan fingerprint density at radius 3 is 2.71 bits per heavy atom. The first-order valence-corrected chi connectivity index (χ1v) is 6.28. The third-order valence-electron chi connectivity index (χ3n) is 2.36. The fourth-order valence-electron chi connectivity index (χ4n) is 1.51. The van der Waals surface area contributed by atoms with Gasteiger partial charge < -0.3 is 5.11 Å². The molecule has 2 rings (SSSR count). The van der Waals surface area contributed by atoms with Gasteiger partial charge >= 0.3 is 0 Å². The second kappa shape index (κ2) is 4.83. The molecule has 0 saturated heterocycles. The van der Waals surface area contributed by atoms with Crippen molar-refractivity contribution < 1.29 is 9.50 Å². The molecular weight excluding hydrogens is 357 g/mol. The minimum Gasteiger partial charge on any atom is -0.382 e. The van der Waals surface area contributed by atoms with E-state index < -0.39 is 11.9 Å². The molecule has 0 aliphatic heterocycles. The van der Waals surface area contributed by atoms with Crippen LogP contribution in [0.5, 0.6) is 0 Å². The number of aromatic nitrogens is 3. The molecule has 1 atom stereocenters. The summed E-state index contributed by atoms with van der Waals surface area (Å²) in [5.74, 6) is -0.423. The topological polar surface area (TPSA) is 50.9 Å². The largest absolute Gasteiger partial charge is 0.382 e. The van der Waals surface area contributed by atoms with Gasteiger partial charge in [-0.05, 0) is 37.9 Å². The molecule has 1 unspecified atom stereocenters. The van der Waals surface area contributed by atoms with E-state index in [0.717, 1.165) is 0 Å². The minimum absolute atomic E-state index is 0.237. The van der Waals surface area contributed by atoms with Crippen LogP contribution in [0, 0.1) is 5.82 Å². The highest BCUT2D eigenvalue weighted by Gasteiger charge is 2.22. The number of nitrogens with zero attached hydrogens (tertiary/aromatic N) is 3. The quantitative estimate of drug-likeness (QED) is 0.890. The van der Waals surface area contributed by atoms with E-state index in [-0.39, 0.29) is 4.47 Å². The van der Waals surface area contributed by atoms with E-state index in [1.807, 2.05) is 0 Å². The van der Waals surface area contributed by atoms with Crippen molar-refractivity contribution in [1.29, 1.82) is 0 Å². The molecule has 0 spiro atoms. The molecule has 7 heteroatoms. The first kappa shape index (κ1) is 12.7. The average molecular weight is 365 g/mol. The van der Waals surface area contributed by atoms with E-state index >= 15 is 0 Å². The van der Waals surface area contributed by atoms with Crippen molar-refractivity contribution in [3.8, 4) is 0 Å². The molecular formula is C10H8Br2FN3O. The highest BCUT2D eigenvalue weighted by atomic mass is 79.9. The van der Waals surface area contributed by atoms with Gasteiger partial charge in [0.15, 0.2) is 4.60 Å². The zero-order chi connectivity index (χ0) is 12.6. The molecule has 0 fully saturated rings. The first-order valence-electron chi connectivity index (χ1n) is 4.69. The fraction of sp³-hybridized carbons (Fsp3) is 0.200. The van der Waals surface area contributed by atoms with Crippen molar-refractivity contribution in [2.45, 2.75) is 6.10 Å². The van der Waals surface area contributed by atoms with Crippen LogP contribution in [0.25, 0.3) is 0 Å². The lowest BCUT2D eigenvalue weighted by Crippen LogP contribution is -2.08. The monoisotopic (exact) mass is 363 g/mol. The van der Waals surface area contributed by atoms with Gasteiger partial charge in [-0.15, -0.1) is 5.10 Å². The SMILES string of the molecule is Cn1nnc(Br)c1C(O)c1cccc(F)c1Br. The van der Waals surface area contributed by atoms with Gasteiger partial charge in [-0.3, -0.25) is 0 Å². The molecule has 0 bridgehead atoms. The third kappa shape index (κ3) is 2.27. The van der Waals surface area contributed by atoms with Crippen LogP contribution < -0.4 is 0 Å². The van der Waals surface area contributed by atoms with E-state index in [0.29, 0.717) is 15.9 Å². The van der Waals surface area contributed by atoms with Crippen LogP contribution in [0.2, 0.25) is 0 Å². The van der Waals surface area contributed by atoms with Crippen LogP contribution in [0.3, 0.4) is 0 Å². The van der Waals surface area contributed by atoms with Gasteiger partial charge in [0.25, 0.3) is 0 Å². The molecule has 2 aromatic rings. The second-order valence-electron chi connectivity index (χ2n) is 3.43. The molecule has 0 radical (unpaired) electrons. The summed E-state index contributed by atoms with van der Waals surface area (Å²) in [5, 5.41) is 17.8. The molecule has 90 valence electrons. The van der Waals surface area contributed by atoms with Gasteiger partial charge in [-0.2, -0.15) is 0 Å². The van der Waals surface area contributed by atoms with E-state index in [2.05, 4.69) is 42.2 Å². The Bertz CT molecular complexity index is 539. The molecule has 0 saturated carbocycles. The summed E-state index contributed by atoms with van der Waals surface area (Å²) in [7, 11) is 1.66. The lowest BCUT2D eigenvalue weighted by atomic mass is 10.1. The number of halogens is 3. The summed E-state index contributed by atoms with van der Waals surface area (Å²) in [6, 6.07) is 4.49. The lowest BCUT2D eigenvalue weighted by molar-refractivity contribution is 0.207. The van der Waals surface area contributed by atoms with Crippen LogP contribution >= 0.6 is 31.9 Å². The lowest BCUT2D eigenvalue weighted by Gasteiger charge is -2.13. The van der Waals surface area contributed by atoms with Gasteiger partial charge in [-0.1, -0.05) is 17.3 Å². The molecule has 0 aliphatic rings. The number of aryl methyl sites for hydroxylation is 1. The smallest absolute Gasteiger partial charge is 0.154 e. The third-order valence-corrected chi connectivity index (χ3v) is 3.76. The Morgan fingerprint density at radius 2 is 2.12 bits per heavy atom. The van der Waals surface area contributed by atoms with Crippen LogP contribution in [-0.2, 0) is 7.05 Å². The van der Waals surface area contributed by atoms with E-state index in [1.54, 1.807) is 13.1 Å². The number of rotatable bonds is 2. The fourth-order valence-corrected chi connectivity index (χ4v) is 2.53. The van der Waals surface area contributed by atoms with Crippen molar-refractivity contribution in [3.05, 3.63) is 44.3 Å².